The Kier molecular flexibility index (Phi) is 6.17. The van der Waals surface area contributed by atoms with Crippen LogP contribution in [0, 0.1) is 0 Å². The van der Waals surface area contributed by atoms with Crippen molar-refractivity contribution in [3.8, 4) is 0 Å². The van der Waals surface area contributed by atoms with Gasteiger partial charge in [0.15, 0.2) is 0 Å². The van der Waals surface area contributed by atoms with Gasteiger partial charge in [0.1, 0.15) is 0 Å². The van der Waals surface area contributed by atoms with Gasteiger partial charge in [0.2, 0.25) is 5.91 Å². The van der Waals surface area contributed by atoms with E-state index >= 15 is 0 Å². The van der Waals surface area contributed by atoms with Crippen LogP contribution in [-0.4, -0.2) is 43.2 Å². The lowest BCUT2D eigenvalue weighted by Crippen LogP contribution is -2.35. The quantitative estimate of drug-likeness (QED) is 0.835. The summed E-state index contributed by atoms with van der Waals surface area (Å²) < 4.78 is 5.34. The first-order valence-corrected chi connectivity index (χ1v) is 7.64. The van der Waals surface area contributed by atoms with Gasteiger partial charge in [-0.05, 0) is 24.1 Å². The van der Waals surface area contributed by atoms with E-state index in [-0.39, 0.29) is 5.91 Å². The van der Waals surface area contributed by atoms with Crippen LogP contribution >= 0.6 is 0 Å². The molecule has 0 bridgehead atoms. The Morgan fingerprint density at radius 2 is 2.00 bits per heavy atom. The molecule has 2 rings (SSSR count). The highest BCUT2D eigenvalue weighted by atomic mass is 16.5. The lowest BCUT2D eigenvalue weighted by Gasteiger charge is -2.26. The van der Waals surface area contributed by atoms with E-state index in [1.165, 1.54) is 5.56 Å². The summed E-state index contributed by atoms with van der Waals surface area (Å²) in [5.41, 5.74) is 7.84. The van der Waals surface area contributed by atoms with Crippen molar-refractivity contribution >= 4 is 11.6 Å². The molecule has 116 valence electrons. The molecule has 21 heavy (non-hydrogen) atoms. The van der Waals surface area contributed by atoms with E-state index < -0.39 is 6.04 Å². The van der Waals surface area contributed by atoms with Crippen molar-refractivity contribution in [2.75, 3.05) is 31.6 Å². The van der Waals surface area contributed by atoms with E-state index in [2.05, 4.69) is 22.3 Å². The van der Waals surface area contributed by atoms with Crippen LogP contribution in [0.4, 0.5) is 5.69 Å². The molecule has 1 aliphatic heterocycles. The molecule has 0 radical (unpaired) electrons. The number of hydrogen-bond donors (Lipinski definition) is 2. The number of morpholine rings is 1. The highest BCUT2D eigenvalue weighted by Gasteiger charge is 2.13. The minimum Gasteiger partial charge on any atom is -0.379 e. The molecule has 5 nitrogen and oxygen atoms in total. The van der Waals surface area contributed by atoms with Gasteiger partial charge >= 0.3 is 0 Å². The molecule has 0 unspecified atom stereocenters. The third kappa shape index (κ3) is 5.12. The Hall–Kier alpha value is -1.43. The lowest BCUT2D eigenvalue weighted by molar-refractivity contribution is -0.117. The van der Waals surface area contributed by atoms with E-state index in [4.69, 9.17) is 10.5 Å². The van der Waals surface area contributed by atoms with Gasteiger partial charge in [0.05, 0.1) is 19.3 Å². The lowest BCUT2D eigenvalue weighted by atomic mass is 10.1. The first-order chi connectivity index (χ1) is 10.2. The number of benzene rings is 1. The van der Waals surface area contributed by atoms with Gasteiger partial charge in [-0.3, -0.25) is 9.69 Å². The Bertz CT molecular complexity index is 441. The maximum absolute atomic E-state index is 11.8. The van der Waals surface area contributed by atoms with Gasteiger partial charge in [-0.25, -0.2) is 0 Å². The van der Waals surface area contributed by atoms with Crippen molar-refractivity contribution in [3.63, 3.8) is 0 Å². The van der Waals surface area contributed by atoms with Gasteiger partial charge < -0.3 is 15.8 Å². The van der Waals surface area contributed by atoms with Crippen LogP contribution in [0.25, 0.3) is 0 Å². The molecule has 0 aromatic heterocycles. The third-order valence-corrected chi connectivity index (χ3v) is 3.67. The highest BCUT2D eigenvalue weighted by Crippen LogP contribution is 2.13. The van der Waals surface area contributed by atoms with Gasteiger partial charge in [0, 0.05) is 25.3 Å². The first kappa shape index (κ1) is 15.9. The molecule has 3 N–H and O–H groups in total. The predicted molar refractivity (Wildman–Crippen MR) is 84.1 cm³/mol. The smallest absolute Gasteiger partial charge is 0.241 e. The normalized spacial score (nSPS) is 17.4. The monoisotopic (exact) mass is 291 g/mol. The highest BCUT2D eigenvalue weighted by molar-refractivity contribution is 5.94. The average Bonchev–Trinajstić information content (AvgIpc) is 2.50. The van der Waals surface area contributed by atoms with Crippen molar-refractivity contribution < 1.29 is 9.53 Å². The number of nitrogens with two attached hydrogens (primary N) is 1. The maximum Gasteiger partial charge on any atom is 0.241 e. The van der Waals surface area contributed by atoms with E-state index in [0.29, 0.717) is 6.42 Å². The van der Waals surface area contributed by atoms with Crippen molar-refractivity contribution in [2.24, 2.45) is 5.73 Å². The third-order valence-electron chi connectivity index (χ3n) is 3.67. The number of hydrogen-bond acceptors (Lipinski definition) is 4. The summed E-state index contributed by atoms with van der Waals surface area (Å²) in [6.45, 7) is 6.52. The largest absolute Gasteiger partial charge is 0.379 e. The molecule has 0 saturated carbocycles. The van der Waals surface area contributed by atoms with Gasteiger partial charge in [-0.1, -0.05) is 25.5 Å². The molecular weight excluding hydrogens is 266 g/mol. The minimum atomic E-state index is -0.428. The van der Waals surface area contributed by atoms with Gasteiger partial charge in [-0.2, -0.15) is 0 Å². The number of anilines is 1. The number of amides is 1. The van der Waals surface area contributed by atoms with Crippen molar-refractivity contribution in [2.45, 2.75) is 32.4 Å². The standard InChI is InChI=1S/C16H25N3O2/c1-2-3-15(17)16(20)18-14-6-4-13(5-7-14)12-19-8-10-21-11-9-19/h4-7,15H,2-3,8-12,17H2,1H3,(H,18,20)/t15-/m1/s1. The second kappa shape index (κ2) is 8.12. The van der Waals surface area contributed by atoms with Crippen LogP contribution in [-0.2, 0) is 16.1 Å². The maximum atomic E-state index is 11.8. The van der Waals surface area contributed by atoms with E-state index in [9.17, 15) is 4.79 Å². The molecule has 0 aliphatic carbocycles. The predicted octanol–water partition coefficient (Wildman–Crippen LogP) is 1.58. The molecule has 0 spiro atoms. The van der Waals surface area contributed by atoms with Crippen LogP contribution in [0.1, 0.15) is 25.3 Å². The number of nitrogens with zero attached hydrogens (tertiary/aromatic N) is 1. The molecule has 1 amide bonds. The first-order valence-electron chi connectivity index (χ1n) is 7.64. The molecule has 5 heteroatoms. The summed E-state index contributed by atoms with van der Waals surface area (Å²) in [6.07, 6.45) is 1.62. The molecule has 1 aromatic rings. The Labute approximate surface area is 126 Å². The summed E-state index contributed by atoms with van der Waals surface area (Å²) in [5, 5.41) is 2.86. The second-order valence-corrected chi connectivity index (χ2v) is 5.47. The fraction of sp³-hybridized carbons (Fsp3) is 0.562. The van der Waals surface area contributed by atoms with Crippen molar-refractivity contribution in [3.05, 3.63) is 29.8 Å². The van der Waals surface area contributed by atoms with Crippen LogP contribution in [0.15, 0.2) is 24.3 Å². The second-order valence-electron chi connectivity index (χ2n) is 5.47. The summed E-state index contributed by atoms with van der Waals surface area (Å²) in [5.74, 6) is -0.113. The fourth-order valence-electron chi connectivity index (χ4n) is 2.39. The summed E-state index contributed by atoms with van der Waals surface area (Å²) >= 11 is 0. The van der Waals surface area contributed by atoms with E-state index in [1.807, 2.05) is 19.1 Å². The molecule has 1 aliphatic rings. The zero-order chi connectivity index (χ0) is 15.1. The number of ether oxygens (including phenoxy) is 1. The molecule has 1 atom stereocenters. The zero-order valence-corrected chi connectivity index (χ0v) is 12.7. The summed E-state index contributed by atoms with van der Waals surface area (Å²) in [7, 11) is 0. The molecule has 1 heterocycles. The molecule has 1 aromatic carbocycles. The van der Waals surface area contributed by atoms with Crippen LogP contribution in [0.3, 0.4) is 0 Å². The van der Waals surface area contributed by atoms with E-state index in [1.54, 1.807) is 0 Å². The Balaban J connectivity index is 1.85. The molecule has 1 fully saturated rings. The van der Waals surface area contributed by atoms with Crippen LogP contribution < -0.4 is 11.1 Å². The zero-order valence-electron chi connectivity index (χ0n) is 12.7. The van der Waals surface area contributed by atoms with Crippen LogP contribution in [0.2, 0.25) is 0 Å². The number of carbonyl (C=O) groups is 1. The molecular formula is C16H25N3O2. The summed E-state index contributed by atoms with van der Waals surface area (Å²) in [6, 6.07) is 7.55. The fourth-order valence-corrected chi connectivity index (χ4v) is 2.39. The Morgan fingerprint density at radius 1 is 1.33 bits per heavy atom. The van der Waals surface area contributed by atoms with Gasteiger partial charge in [-0.15, -0.1) is 0 Å². The number of rotatable bonds is 6. The van der Waals surface area contributed by atoms with E-state index in [0.717, 1.165) is 45.0 Å². The van der Waals surface area contributed by atoms with Crippen molar-refractivity contribution in [1.29, 1.82) is 0 Å². The number of nitrogens with one attached hydrogen (secondary N) is 1. The Morgan fingerprint density at radius 3 is 2.62 bits per heavy atom. The average molecular weight is 291 g/mol. The topological polar surface area (TPSA) is 67.6 Å². The van der Waals surface area contributed by atoms with Gasteiger partial charge in [0.25, 0.3) is 0 Å². The summed E-state index contributed by atoms with van der Waals surface area (Å²) in [4.78, 5) is 14.2. The number of carbonyl (C=O) groups excluding carboxylic acids is 1. The van der Waals surface area contributed by atoms with Crippen LogP contribution in [0.5, 0.6) is 0 Å². The van der Waals surface area contributed by atoms with Crippen molar-refractivity contribution in [1.82, 2.24) is 4.90 Å². The molecule has 1 saturated heterocycles. The minimum absolute atomic E-state index is 0.113. The SMILES string of the molecule is CCC[C@@H](N)C(=O)Nc1ccc(CN2CCOCC2)cc1.